The van der Waals surface area contributed by atoms with Crippen molar-refractivity contribution >= 4 is 16.8 Å². The fourth-order valence-electron chi connectivity index (χ4n) is 2.69. The Bertz CT molecular complexity index is 1150. The van der Waals surface area contributed by atoms with Crippen molar-refractivity contribution in [2.45, 2.75) is 13.1 Å². The van der Waals surface area contributed by atoms with Gasteiger partial charge in [0.25, 0.3) is 5.56 Å². The second-order valence-electron chi connectivity index (χ2n) is 5.97. The van der Waals surface area contributed by atoms with Crippen LogP contribution in [0.1, 0.15) is 5.56 Å². The minimum Gasteiger partial charge on any atom is -0.350 e. The topological polar surface area (TPSA) is 94.7 Å². The molecule has 0 aliphatic rings. The number of aromatic nitrogens is 5. The largest absolute Gasteiger partial charge is 0.350 e. The third-order valence-electron chi connectivity index (χ3n) is 4.07. The minimum atomic E-state index is -0.340. The number of fused-ring (bicyclic) bond motifs is 1. The Morgan fingerprint density at radius 2 is 1.81 bits per heavy atom. The Balaban J connectivity index is 1.41. The third kappa shape index (κ3) is 3.59. The second-order valence-corrected chi connectivity index (χ2v) is 5.97. The molecular formula is C19H16N6O2. The third-order valence-corrected chi connectivity index (χ3v) is 4.07. The van der Waals surface area contributed by atoms with E-state index in [-0.39, 0.29) is 18.0 Å². The van der Waals surface area contributed by atoms with Crippen LogP contribution in [0.2, 0.25) is 0 Å². The molecule has 0 aliphatic carbocycles. The number of nitrogens with zero attached hydrogens (tertiary/aromatic N) is 5. The van der Waals surface area contributed by atoms with Crippen LogP contribution in [0.4, 0.5) is 0 Å². The van der Waals surface area contributed by atoms with Gasteiger partial charge in [-0.2, -0.15) is 5.10 Å². The lowest BCUT2D eigenvalue weighted by atomic mass is 10.2. The molecule has 0 bridgehead atoms. The standard InChI is InChI=1S/C19H16N6O2/c26-18(13-25-19(27)16-8-4-5-9-17(16)22-23-25)20-10-14-11-21-24(12-14)15-6-2-1-3-7-15/h1-9,11-12H,10,13H2,(H,20,26). The highest BCUT2D eigenvalue weighted by atomic mass is 16.2. The molecule has 2 heterocycles. The summed E-state index contributed by atoms with van der Waals surface area (Å²) in [5.74, 6) is -0.325. The van der Waals surface area contributed by atoms with Crippen molar-refractivity contribution in [1.82, 2.24) is 30.1 Å². The van der Waals surface area contributed by atoms with Gasteiger partial charge in [0.15, 0.2) is 0 Å². The lowest BCUT2D eigenvalue weighted by molar-refractivity contribution is -0.122. The van der Waals surface area contributed by atoms with Crippen molar-refractivity contribution in [1.29, 1.82) is 0 Å². The monoisotopic (exact) mass is 360 g/mol. The number of rotatable bonds is 5. The molecule has 0 radical (unpaired) electrons. The van der Waals surface area contributed by atoms with E-state index in [1.165, 1.54) is 0 Å². The Kier molecular flexibility index (Phi) is 4.44. The summed E-state index contributed by atoms with van der Waals surface area (Å²) in [6, 6.07) is 16.6. The van der Waals surface area contributed by atoms with Crippen LogP contribution in [-0.4, -0.2) is 30.7 Å². The van der Waals surface area contributed by atoms with Gasteiger partial charge in [-0.25, -0.2) is 9.36 Å². The molecule has 0 spiro atoms. The number of carbonyl (C=O) groups excluding carboxylic acids is 1. The van der Waals surface area contributed by atoms with E-state index in [0.717, 1.165) is 15.9 Å². The molecular weight excluding hydrogens is 344 g/mol. The number of hydrogen-bond acceptors (Lipinski definition) is 5. The predicted octanol–water partition coefficient (Wildman–Crippen LogP) is 1.29. The molecule has 134 valence electrons. The quantitative estimate of drug-likeness (QED) is 0.579. The Hall–Kier alpha value is -3.81. The molecule has 27 heavy (non-hydrogen) atoms. The molecule has 0 atom stereocenters. The van der Waals surface area contributed by atoms with Gasteiger partial charge < -0.3 is 5.32 Å². The zero-order valence-electron chi connectivity index (χ0n) is 14.3. The average molecular weight is 360 g/mol. The van der Waals surface area contributed by atoms with Crippen molar-refractivity contribution in [3.05, 3.63) is 82.9 Å². The highest BCUT2D eigenvalue weighted by molar-refractivity contribution is 5.78. The molecule has 4 rings (SSSR count). The highest BCUT2D eigenvalue weighted by Gasteiger charge is 2.10. The maximum atomic E-state index is 12.4. The highest BCUT2D eigenvalue weighted by Crippen LogP contribution is 2.07. The summed E-state index contributed by atoms with van der Waals surface area (Å²) in [5.41, 5.74) is 1.96. The minimum absolute atomic E-state index is 0.191. The van der Waals surface area contributed by atoms with Crippen LogP contribution in [0.5, 0.6) is 0 Å². The number of hydrogen-bond donors (Lipinski definition) is 1. The average Bonchev–Trinajstić information content (AvgIpc) is 3.19. The zero-order valence-corrected chi connectivity index (χ0v) is 14.3. The fourth-order valence-corrected chi connectivity index (χ4v) is 2.69. The Morgan fingerprint density at radius 3 is 2.67 bits per heavy atom. The molecule has 0 fully saturated rings. The van der Waals surface area contributed by atoms with E-state index < -0.39 is 0 Å². The van der Waals surface area contributed by atoms with Gasteiger partial charge in [0.2, 0.25) is 5.91 Å². The normalized spacial score (nSPS) is 10.8. The predicted molar refractivity (Wildman–Crippen MR) is 99.2 cm³/mol. The molecule has 1 N–H and O–H groups in total. The Labute approximate surface area is 154 Å². The summed E-state index contributed by atoms with van der Waals surface area (Å²) >= 11 is 0. The molecule has 0 saturated carbocycles. The van der Waals surface area contributed by atoms with E-state index in [9.17, 15) is 9.59 Å². The molecule has 2 aromatic carbocycles. The van der Waals surface area contributed by atoms with Gasteiger partial charge in [0, 0.05) is 18.3 Å². The van der Waals surface area contributed by atoms with E-state index in [1.807, 2.05) is 36.5 Å². The summed E-state index contributed by atoms with van der Waals surface area (Å²) in [4.78, 5) is 24.6. The second kappa shape index (κ2) is 7.20. The van der Waals surface area contributed by atoms with Crippen molar-refractivity contribution < 1.29 is 4.79 Å². The van der Waals surface area contributed by atoms with Gasteiger partial charge in [-0.15, -0.1) is 5.10 Å². The molecule has 4 aromatic rings. The smallest absolute Gasteiger partial charge is 0.278 e. The van der Waals surface area contributed by atoms with Gasteiger partial charge in [-0.05, 0) is 24.3 Å². The number of para-hydroxylation sites is 1. The molecule has 8 heteroatoms. The van der Waals surface area contributed by atoms with E-state index in [4.69, 9.17) is 0 Å². The molecule has 0 aliphatic heterocycles. The first-order chi connectivity index (χ1) is 13.2. The van der Waals surface area contributed by atoms with Crippen LogP contribution in [0.15, 0.2) is 71.8 Å². The molecule has 0 saturated heterocycles. The SMILES string of the molecule is O=C(Cn1nnc2ccccc2c1=O)NCc1cnn(-c2ccccc2)c1. The van der Waals surface area contributed by atoms with Crippen LogP contribution in [0.3, 0.4) is 0 Å². The molecule has 8 nitrogen and oxygen atoms in total. The first-order valence-electron chi connectivity index (χ1n) is 8.39. The van der Waals surface area contributed by atoms with E-state index >= 15 is 0 Å². The summed E-state index contributed by atoms with van der Waals surface area (Å²) < 4.78 is 2.80. The maximum Gasteiger partial charge on any atom is 0.278 e. The van der Waals surface area contributed by atoms with Gasteiger partial charge in [-0.1, -0.05) is 35.5 Å². The molecule has 0 unspecified atom stereocenters. The van der Waals surface area contributed by atoms with Crippen LogP contribution < -0.4 is 10.9 Å². The van der Waals surface area contributed by atoms with E-state index in [0.29, 0.717) is 17.4 Å². The van der Waals surface area contributed by atoms with Gasteiger partial charge in [0.1, 0.15) is 12.1 Å². The summed E-state index contributed by atoms with van der Waals surface area (Å²) in [5, 5.41) is 15.3. The maximum absolute atomic E-state index is 12.4. The fraction of sp³-hybridized carbons (Fsp3) is 0.105. The molecule has 1 amide bonds. The van der Waals surface area contributed by atoms with Crippen molar-refractivity contribution in [2.75, 3.05) is 0 Å². The van der Waals surface area contributed by atoms with E-state index in [2.05, 4.69) is 20.7 Å². The van der Waals surface area contributed by atoms with E-state index in [1.54, 1.807) is 35.1 Å². The number of benzene rings is 2. The van der Waals surface area contributed by atoms with Gasteiger partial charge >= 0.3 is 0 Å². The number of nitrogens with one attached hydrogen (secondary N) is 1. The summed E-state index contributed by atoms with van der Waals surface area (Å²) in [6.45, 7) is 0.116. The van der Waals surface area contributed by atoms with Gasteiger partial charge in [0.05, 0.1) is 17.3 Å². The molecule has 2 aromatic heterocycles. The van der Waals surface area contributed by atoms with Crippen molar-refractivity contribution in [3.63, 3.8) is 0 Å². The van der Waals surface area contributed by atoms with Crippen LogP contribution >= 0.6 is 0 Å². The first kappa shape index (κ1) is 16.6. The number of amides is 1. The van der Waals surface area contributed by atoms with Crippen LogP contribution in [0.25, 0.3) is 16.6 Å². The van der Waals surface area contributed by atoms with Crippen LogP contribution in [-0.2, 0) is 17.9 Å². The van der Waals surface area contributed by atoms with Crippen molar-refractivity contribution in [3.8, 4) is 5.69 Å². The Morgan fingerprint density at radius 1 is 1.04 bits per heavy atom. The van der Waals surface area contributed by atoms with Crippen molar-refractivity contribution in [2.24, 2.45) is 0 Å². The lowest BCUT2D eigenvalue weighted by Gasteiger charge is -2.06. The summed E-state index contributed by atoms with van der Waals surface area (Å²) in [6.07, 6.45) is 3.53. The summed E-state index contributed by atoms with van der Waals surface area (Å²) in [7, 11) is 0. The number of carbonyl (C=O) groups is 1. The lowest BCUT2D eigenvalue weighted by Crippen LogP contribution is -2.33. The van der Waals surface area contributed by atoms with Crippen LogP contribution in [0, 0.1) is 0 Å². The zero-order chi connectivity index (χ0) is 18.6. The van der Waals surface area contributed by atoms with Gasteiger partial charge in [-0.3, -0.25) is 9.59 Å². The first-order valence-corrected chi connectivity index (χ1v) is 8.39.